The van der Waals surface area contributed by atoms with Gasteiger partial charge in [0.05, 0.1) is 5.69 Å². The Labute approximate surface area is 168 Å². The van der Waals surface area contributed by atoms with E-state index in [0.717, 1.165) is 0 Å². The highest BCUT2D eigenvalue weighted by Gasteiger charge is 2.62. The van der Waals surface area contributed by atoms with Crippen LogP contribution in [0.15, 0.2) is 18.5 Å². The first-order valence-corrected chi connectivity index (χ1v) is 9.24. The number of esters is 1. The van der Waals surface area contributed by atoms with Crippen molar-refractivity contribution in [1.82, 2.24) is 14.6 Å². The number of nitrogens with zero attached hydrogens (tertiary/aromatic N) is 4. The first-order chi connectivity index (χ1) is 13.6. The molecule has 1 aliphatic rings. The van der Waals surface area contributed by atoms with Crippen LogP contribution in [0.3, 0.4) is 0 Å². The summed E-state index contributed by atoms with van der Waals surface area (Å²) in [6.45, 7) is 13.0. The second kappa shape index (κ2) is 7.59. The first kappa shape index (κ1) is 21.0. The molecule has 4 atom stereocenters. The number of fused-ring (bicyclic) bond motifs is 1. The molecule has 3 rings (SSSR count). The maximum atomic E-state index is 12.1. The van der Waals surface area contributed by atoms with Crippen LogP contribution in [0.25, 0.3) is 10.4 Å². The smallest absolute Gasteiger partial charge is 0.400 e. The predicted molar refractivity (Wildman–Crippen MR) is 102 cm³/mol. The quantitative estimate of drug-likeness (QED) is 0.498. The summed E-state index contributed by atoms with van der Waals surface area (Å²) in [5.41, 5.74) is 4.76. The third-order valence-electron chi connectivity index (χ3n) is 4.94. The van der Waals surface area contributed by atoms with Gasteiger partial charge in [-0.2, -0.15) is 5.10 Å². The van der Waals surface area contributed by atoms with Crippen LogP contribution in [-0.2, 0) is 14.3 Å². The molecule has 0 radical (unpaired) electrons. The Hall–Kier alpha value is -2.74. The number of ether oxygens (including phenoxy) is 2. The van der Waals surface area contributed by atoms with Gasteiger partial charge in [-0.05, 0) is 24.0 Å². The van der Waals surface area contributed by atoms with Gasteiger partial charge in [-0.1, -0.05) is 20.8 Å². The number of hydrogen-bond acceptors (Lipinski definition) is 8. The van der Waals surface area contributed by atoms with E-state index in [9.17, 15) is 15.0 Å². The van der Waals surface area contributed by atoms with Gasteiger partial charge >= 0.3 is 11.7 Å². The second-order valence-electron chi connectivity index (χ2n) is 8.35. The van der Waals surface area contributed by atoms with Crippen molar-refractivity contribution in [2.75, 3.05) is 12.3 Å². The van der Waals surface area contributed by atoms with E-state index in [1.165, 1.54) is 10.8 Å². The maximum absolute atomic E-state index is 12.1. The second-order valence-corrected chi connectivity index (χ2v) is 8.35. The molecule has 0 aliphatic carbocycles. The Morgan fingerprint density at radius 1 is 1.45 bits per heavy atom. The molecule has 2 aromatic rings. The fourth-order valence-corrected chi connectivity index (χ4v) is 3.19. The highest BCUT2D eigenvalue weighted by atomic mass is 16.6. The molecule has 0 spiro atoms. The van der Waals surface area contributed by atoms with Gasteiger partial charge in [-0.3, -0.25) is 14.4 Å². The highest BCUT2D eigenvalue weighted by Crippen LogP contribution is 2.42. The number of anilines is 1. The molecule has 0 aromatic carbocycles. The molecule has 29 heavy (non-hydrogen) atoms. The zero-order chi connectivity index (χ0) is 21.4. The molecule has 1 fully saturated rings. The van der Waals surface area contributed by atoms with E-state index < -0.39 is 36.6 Å². The summed E-state index contributed by atoms with van der Waals surface area (Å²) in [6.07, 6.45) is -2.02. The van der Waals surface area contributed by atoms with E-state index in [1.54, 1.807) is 12.1 Å². The normalized spacial score (nSPS) is 27.1. The minimum atomic E-state index is -1.91. The number of carbonyl (C=O) groups excluding carboxylic acids is 1. The summed E-state index contributed by atoms with van der Waals surface area (Å²) in [6, 6.07) is 3.27. The molecule has 4 N–H and O–H groups in total. The van der Waals surface area contributed by atoms with Crippen LogP contribution >= 0.6 is 0 Å². The lowest BCUT2D eigenvalue weighted by atomic mass is 9.91. The third-order valence-corrected chi connectivity index (χ3v) is 4.94. The SMILES string of the molecule is [C-]#[N+][C@]1(COC(=O)CCC(C)(C)C)O[C@@H](c2ccc3c(N)ncnn23)[C@H](O)[C@@H]1O. The molecule has 0 unspecified atom stereocenters. The molecular weight excluding hydrogens is 378 g/mol. The predicted octanol–water partition coefficient (Wildman–Crippen LogP) is 1.09. The van der Waals surface area contributed by atoms with Crippen molar-refractivity contribution in [2.45, 2.75) is 57.6 Å². The molecule has 156 valence electrons. The average Bonchev–Trinajstić information content (AvgIpc) is 3.20. The van der Waals surface area contributed by atoms with Gasteiger partial charge < -0.3 is 20.7 Å². The number of carbonyl (C=O) groups is 1. The Morgan fingerprint density at radius 2 is 2.17 bits per heavy atom. The Balaban J connectivity index is 1.78. The summed E-state index contributed by atoms with van der Waals surface area (Å²) in [5.74, 6) is -0.256. The van der Waals surface area contributed by atoms with E-state index in [4.69, 9.17) is 21.8 Å². The molecule has 10 heteroatoms. The van der Waals surface area contributed by atoms with Crippen LogP contribution in [0.1, 0.15) is 45.4 Å². The minimum absolute atomic E-state index is 0.0407. The van der Waals surface area contributed by atoms with E-state index >= 15 is 0 Å². The standard InChI is InChI=1S/C19H25N5O5/c1-18(2,3)8-7-13(25)28-9-19(21-4)16(27)14(26)15(29-19)11-5-6-12-17(20)22-10-23-24(11)12/h5-6,10,14-16,26-27H,7-9H2,1-3H3,(H2,20,22,23)/t14-,15-,16-,19+/m0/s1. The lowest BCUT2D eigenvalue weighted by Crippen LogP contribution is -2.44. The number of nitrogen functional groups attached to an aromatic ring is 1. The van der Waals surface area contributed by atoms with Crippen LogP contribution < -0.4 is 5.73 Å². The Kier molecular flexibility index (Phi) is 5.49. The van der Waals surface area contributed by atoms with E-state index in [2.05, 4.69) is 14.9 Å². The van der Waals surface area contributed by atoms with Gasteiger partial charge in [-0.25, -0.2) is 16.1 Å². The lowest BCUT2D eigenvalue weighted by Gasteiger charge is -2.20. The molecule has 10 nitrogen and oxygen atoms in total. The molecule has 1 aliphatic heterocycles. The van der Waals surface area contributed by atoms with Crippen LogP contribution in [0.4, 0.5) is 5.82 Å². The fourth-order valence-electron chi connectivity index (χ4n) is 3.19. The largest absolute Gasteiger partial charge is 0.454 e. The van der Waals surface area contributed by atoms with Crippen molar-refractivity contribution in [3.05, 3.63) is 35.6 Å². The fraction of sp³-hybridized carbons (Fsp3) is 0.579. The average molecular weight is 403 g/mol. The third kappa shape index (κ3) is 4.03. The van der Waals surface area contributed by atoms with Crippen molar-refractivity contribution in [3.8, 4) is 0 Å². The van der Waals surface area contributed by atoms with Crippen molar-refractivity contribution in [1.29, 1.82) is 0 Å². The number of hydrogen-bond donors (Lipinski definition) is 3. The summed E-state index contributed by atoms with van der Waals surface area (Å²) in [5, 5.41) is 25.2. The summed E-state index contributed by atoms with van der Waals surface area (Å²) < 4.78 is 12.4. The van der Waals surface area contributed by atoms with Crippen LogP contribution in [0.2, 0.25) is 0 Å². The monoisotopic (exact) mass is 403 g/mol. The number of aliphatic hydroxyl groups excluding tert-OH is 2. The van der Waals surface area contributed by atoms with E-state index in [-0.39, 0.29) is 17.7 Å². The van der Waals surface area contributed by atoms with Gasteiger partial charge in [0.2, 0.25) is 0 Å². The van der Waals surface area contributed by atoms with Crippen molar-refractivity contribution in [2.24, 2.45) is 5.41 Å². The Bertz CT molecular complexity index is 947. The number of aliphatic hydroxyl groups is 2. The number of rotatable bonds is 5. The van der Waals surface area contributed by atoms with E-state index in [1.807, 2.05) is 20.8 Å². The Morgan fingerprint density at radius 3 is 2.83 bits per heavy atom. The van der Waals surface area contributed by atoms with Gasteiger partial charge in [-0.15, -0.1) is 0 Å². The van der Waals surface area contributed by atoms with Crippen LogP contribution in [0.5, 0.6) is 0 Å². The topological polar surface area (TPSA) is 137 Å². The van der Waals surface area contributed by atoms with Gasteiger partial charge in [0.25, 0.3) is 0 Å². The van der Waals surface area contributed by atoms with E-state index in [0.29, 0.717) is 17.6 Å². The van der Waals surface area contributed by atoms with Crippen molar-refractivity contribution >= 4 is 17.3 Å². The molecular formula is C19H25N5O5. The molecule has 3 heterocycles. The highest BCUT2D eigenvalue weighted by molar-refractivity contribution is 5.69. The van der Waals surface area contributed by atoms with Gasteiger partial charge in [0.15, 0.2) is 18.5 Å². The summed E-state index contributed by atoms with van der Waals surface area (Å²) in [7, 11) is 0. The summed E-state index contributed by atoms with van der Waals surface area (Å²) >= 11 is 0. The van der Waals surface area contributed by atoms with Crippen LogP contribution in [-0.4, -0.2) is 55.3 Å². The molecule has 0 saturated carbocycles. The first-order valence-electron chi connectivity index (χ1n) is 9.24. The lowest BCUT2D eigenvalue weighted by molar-refractivity contribution is -0.156. The zero-order valence-corrected chi connectivity index (χ0v) is 16.6. The maximum Gasteiger partial charge on any atom is 0.400 e. The number of aromatic nitrogens is 3. The van der Waals surface area contributed by atoms with Crippen LogP contribution in [0, 0.1) is 12.0 Å². The summed E-state index contributed by atoms with van der Waals surface area (Å²) in [4.78, 5) is 19.3. The van der Waals surface area contributed by atoms with Crippen molar-refractivity contribution < 1.29 is 24.5 Å². The van der Waals surface area contributed by atoms with Gasteiger partial charge in [0, 0.05) is 6.42 Å². The zero-order valence-electron chi connectivity index (χ0n) is 16.6. The van der Waals surface area contributed by atoms with Gasteiger partial charge in [0.1, 0.15) is 24.1 Å². The number of nitrogens with two attached hydrogens (primary N) is 1. The molecule has 2 aromatic heterocycles. The molecule has 0 bridgehead atoms. The minimum Gasteiger partial charge on any atom is -0.454 e. The van der Waals surface area contributed by atoms with Crippen molar-refractivity contribution in [3.63, 3.8) is 0 Å². The molecule has 0 amide bonds. The molecule has 1 saturated heterocycles.